The fourth-order valence-electron chi connectivity index (χ4n) is 2.49. The van der Waals surface area contributed by atoms with Gasteiger partial charge in [-0.15, -0.1) is 0 Å². The minimum absolute atomic E-state index is 0.146. The van der Waals surface area contributed by atoms with Crippen LogP contribution in [-0.2, 0) is 17.9 Å². The molecule has 4 heteroatoms. The SMILES string of the molecule is CC(C)C(C=O)n1cncc1CN(C)Cc1ccccc1. The summed E-state index contributed by atoms with van der Waals surface area (Å²) in [6, 6.07) is 10.2. The predicted molar refractivity (Wildman–Crippen MR) is 83.8 cm³/mol. The van der Waals surface area contributed by atoms with Gasteiger partial charge in [-0.25, -0.2) is 4.98 Å². The van der Waals surface area contributed by atoms with Crippen LogP contribution in [0.3, 0.4) is 0 Å². The predicted octanol–water partition coefficient (Wildman–Crippen LogP) is 2.91. The molecular formula is C17H23N3O. The van der Waals surface area contributed by atoms with E-state index in [1.165, 1.54) is 5.56 Å². The van der Waals surface area contributed by atoms with E-state index in [0.717, 1.165) is 25.1 Å². The van der Waals surface area contributed by atoms with Crippen LogP contribution in [0.5, 0.6) is 0 Å². The summed E-state index contributed by atoms with van der Waals surface area (Å²) >= 11 is 0. The molecule has 0 N–H and O–H groups in total. The van der Waals surface area contributed by atoms with Crippen molar-refractivity contribution in [3.8, 4) is 0 Å². The normalized spacial score (nSPS) is 12.8. The minimum Gasteiger partial charge on any atom is -0.323 e. The molecular weight excluding hydrogens is 262 g/mol. The van der Waals surface area contributed by atoms with E-state index in [1.54, 1.807) is 6.33 Å². The van der Waals surface area contributed by atoms with Crippen LogP contribution in [-0.4, -0.2) is 27.8 Å². The van der Waals surface area contributed by atoms with Gasteiger partial charge in [-0.05, 0) is 18.5 Å². The van der Waals surface area contributed by atoms with E-state index in [1.807, 2.05) is 16.8 Å². The summed E-state index contributed by atoms with van der Waals surface area (Å²) < 4.78 is 1.99. The third kappa shape index (κ3) is 4.02. The lowest BCUT2D eigenvalue weighted by Gasteiger charge is -2.22. The molecule has 2 aromatic rings. The van der Waals surface area contributed by atoms with E-state index < -0.39 is 0 Å². The second-order valence-electron chi connectivity index (χ2n) is 5.82. The largest absolute Gasteiger partial charge is 0.323 e. The van der Waals surface area contributed by atoms with Crippen LogP contribution >= 0.6 is 0 Å². The molecule has 21 heavy (non-hydrogen) atoms. The Bertz CT molecular complexity index is 562. The van der Waals surface area contributed by atoms with Gasteiger partial charge in [0.05, 0.1) is 18.1 Å². The topological polar surface area (TPSA) is 38.1 Å². The first-order valence-corrected chi connectivity index (χ1v) is 7.30. The highest BCUT2D eigenvalue weighted by molar-refractivity contribution is 5.56. The van der Waals surface area contributed by atoms with Crippen LogP contribution < -0.4 is 0 Å². The summed E-state index contributed by atoms with van der Waals surface area (Å²) in [6.07, 6.45) is 4.61. The number of imidazole rings is 1. The average Bonchev–Trinajstić information content (AvgIpc) is 2.88. The molecule has 112 valence electrons. The number of aromatic nitrogens is 2. The molecule has 0 bridgehead atoms. The van der Waals surface area contributed by atoms with Crippen LogP contribution in [0.2, 0.25) is 0 Å². The van der Waals surface area contributed by atoms with Crippen molar-refractivity contribution in [2.24, 2.45) is 5.92 Å². The second-order valence-corrected chi connectivity index (χ2v) is 5.82. The first-order valence-electron chi connectivity index (χ1n) is 7.30. The van der Waals surface area contributed by atoms with Crippen molar-refractivity contribution in [3.05, 3.63) is 54.1 Å². The van der Waals surface area contributed by atoms with E-state index in [2.05, 4.69) is 55.0 Å². The number of aldehydes is 1. The molecule has 1 heterocycles. The maximum Gasteiger partial charge on any atom is 0.143 e. The first-order chi connectivity index (χ1) is 10.1. The van der Waals surface area contributed by atoms with Gasteiger partial charge in [-0.1, -0.05) is 44.2 Å². The third-order valence-corrected chi connectivity index (χ3v) is 3.62. The van der Waals surface area contributed by atoms with Gasteiger partial charge >= 0.3 is 0 Å². The molecule has 1 unspecified atom stereocenters. The maximum atomic E-state index is 11.3. The fourth-order valence-corrected chi connectivity index (χ4v) is 2.49. The number of carbonyl (C=O) groups excluding carboxylic acids is 1. The van der Waals surface area contributed by atoms with Crippen molar-refractivity contribution in [1.29, 1.82) is 0 Å². The number of hydrogen-bond donors (Lipinski definition) is 0. The summed E-state index contributed by atoms with van der Waals surface area (Å²) in [5, 5.41) is 0. The van der Waals surface area contributed by atoms with Gasteiger partial charge in [0.15, 0.2) is 0 Å². The Kier molecular flexibility index (Phi) is 5.28. The number of rotatable bonds is 7. The molecule has 0 aliphatic rings. The van der Waals surface area contributed by atoms with Crippen molar-refractivity contribution in [1.82, 2.24) is 14.5 Å². The van der Waals surface area contributed by atoms with Gasteiger partial charge in [0.2, 0.25) is 0 Å². The average molecular weight is 285 g/mol. The molecule has 0 spiro atoms. The molecule has 1 aromatic carbocycles. The molecule has 0 aliphatic heterocycles. The number of hydrogen-bond acceptors (Lipinski definition) is 3. The maximum absolute atomic E-state index is 11.3. The van der Waals surface area contributed by atoms with Crippen LogP contribution in [0.4, 0.5) is 0 Å². The van der Waals surface area contributed by atoms with Gasteiger partial charge in [-0.2, -0.15) is 0 Å². The highest BCUT2D eigenvalue weighted by atomic mass is 16.1. The number of benzene rings is 1. The van der Waals surface area contributed by atoms with Crippen LogP contribution in [0, 0.1) is 5.92 Å². The lowest BCUT2D eigenvalue weighted by molar-refractivity contribution is -0.111. The van der Waals surface area contributed by atoms with Gasteiger partial charge in [-0.3, -0.25) is 4.90 Å². The van der Waals surface area contributed by atoms with Crippen molar-refractivity contribution >= 4 is 6.29 Å². The highest BCUT2D eigenvalue weighted by Gasteiger charge is 2.17. The van der Waals surface area contributed by atoms with E-state index >= 15 is 0 Å². The first kappa shape index (κ1) is 15.4. The highest BCUT2D eigenvalue weighted by Crippen LogP contribution is 2.18. The standard InChI is InChI=1S/C17H23N3O/c1-14(2)17(12-21)20-13-18-9-16(20)11-19(3)10-15-7-5-4-6-8-15/h4-9,12-14,17H,10-11H2,1-3H3. The van der Waals surface area contributed by atoms with Crippen LogP contribution in [0.25, 0.3) is 0 Å². The molecule has 2 rings (SSSR count). The molecule has 4 nitrogen and oxygen atoms in total. The summed E-state index contributed by atoms with van der Waals surface area (Å²) in [7, 11) is 2.08. The van der Waals surface area contributed by atoms with Crippen molar-refractivity contribution in [2.75, 3.05) is 7.05 Å². The van der Waals surface area contributed by atoms with Crippen molar-refractivity contribution < 1.29 is 4.79 Å². The van der Waals surface area contributed by atoms with E-state index in [0.29, 0.717) is 0 Å². The van der Waals surface area contributed by atoms with Crippen molar-refractivity contribution in [2.45, 2.75) is 33.0 Å². The lowest BCUT2D eigenvalue weighted by atomic mass is 10.1. The Balaban J connectivity index is 2.06. The summed E-state index contributed by atoms with van der Waals surface area (Å²) in [5.41, 5.74) is 2.35. The van der Waals surface area contributed by atoms with Gasteiger partial charge in [0, 0.05) is 19.3 Å². The Morgan fingerprint density at radius 1 is 1.24 bits per heavy atom. The summed E-state index contributed by atoms with van der Waals surface area (Å²) in [4.78, 5) is 17.7. The quantitative estimate of drug-likeness (QED) is 0.734. The fraction of sp³-hybridized carbons (Fsp3) is 0.412. The van der Waals surface area contributed by atoms with E-state index in [9.17, 15) is 4.79 Å². The summed E-state index contributed by atoms with van der Waals surface area (Å²) in [5.74, 6) is 0.259. The molecule has 0 saturated carbocycles. The van der Waals surface area contributed by atoms with E-state index in [-0.39, 0.29) is 12.0 Å². The van der Waals surface area contributed by atoms with Crippen LogP contribution in [0.1, 0.15) is 31.1 Å². The number of carbonyl (C=O) groups is 1. The second kappa shape index (κ2) is 7.18. The van der Waals surface area contributed by atoms with E-state index in [4.69, 9.17) is 0 Å². The summed E-state index contributed by atoms with van der Waals surface area (Å²) in [6.45, 7) is 5.75. The Labute approximate surface area is 126 Å². The molecule has 1 aromatic heterocycles. The molecule has 0 aliphatic carbocycles. The van der Waals surface area contributed by atoms with Crippen molar-refractivity contribution in [3.63, 3.8) is 0 Å². The van der Waals surface area contributed by atoms with Gasteiger partial charge < -0.3 is 9.36 Å². The number of nitrogens with zero attached hydrogens (tertiary/aromatic N) is 3. The minimum atomic E-state index is -0.146. The molecule has 0 radical (unpaired) electrons. The Hall–Kier alpha value is -1.94. The smallest absolute Gasteiger partial charge is 0.143 e. The lowest BCUT2D eigenvalue weighted by Crippen LogP contribution is -2.23. The zero-order chi connectivity index (χ0) is 15.2. The van der Waals surface area contributed by atoms with Gasteiger partial charge in [0.1, 0.15) is 6.29 Å². The van der Waals surface area contributed by atoms with Crippen LogP contribution in [0.15, 0.2) is 42.9 Å². The molecule has 1 atom stereocenters. The monoisotopic (exact) mass is 285 g/mol. The third-order valence-electron chi connectivity index (χ3n) is 3.62. The molecule has 0 saturated heterocycles. The molecule has 0 fully saturated rings. The zero-order valence-corrected chi connectivity index (χ0v) is 12.9. The Morgan fingerprint density at radius 2 is 1.95 bits per heavy atom. The Morgan fingerprint density at radius 3 is 2.57 bits per heavy atom. The zero-order valence-electron chi connectivity index (χ0n) is 12.9. The molecule has 0 amide bonds. The van der Waals surface area contributed by atoms with Gasteiger partial charge in [0.25, 0.3) is 0 Å².